The summed E-state index contributed by atoms with van der Waals surface area (Å²) in [6.07, 6.45) is 2.68. The first-order valence-corrected chi connectivity index (χ1v) is 6.80. The van der Waals surface area contributed by atoms with Gasteiger partial charge in [-0.1, -0.05) is 11.6 Å². The van der Waals surface area contributed by atoms with E-state index >= 15 is 0 Å². The normalized spacial score (nSPS) is 22.3. The minimum absolute atomic E-state index is 0.126. The maximum absolute atomic E-state index is 12.3. The van der Waals surface area contributed by atoms with E-state index < -0.39 is 10.5 Å². The van der Waals surface area contributed by atoms with Gasteiger partial charge in [0.05, 0.1) is 10.5 Å². The molecule has 0 spiro atoms. The minimum Gasteiger partial charge on any atom is -0.319 e. The predicted molar refractivity (Wildman–Crippen MR) is 77.0 cm³/mol. The molecule has 0 saturated carbocycles. The second kappa shape index (κ2) is 5.76. The molecule has 1 heterocycles. The summed E-state index contributed by atoms with van der Waals surface area (Å²) in [5.41, 5.74) is -0.739. The van der Waals surface area contributed by atoms with E-state index in [9.17, 15) is 14.9 Å². The number of amides is 1. The summed E-state index contributed by atoms with van der Waals surface area (Å²) >= 11 is 5.84. The molecule has 1 amide bonds. The molecule has 1 fully saturated rings. The van der Waals surface area contributed by atoms with Crippen LogP contribution in [0, 0.1) is 10.1 Å². The highest BCUT2D eigenvalue weighted by atomic mass is 35.5. The third-order valence-corrected chi connectivity index (χ3v) is 3.76. The van der Waals surface area contributed by atoms with Gasteiger partial charge in [-0.3, -0.25) is 14.9 Å². The molecule has 1 atom stereocenters. The maximum atomic E-state index is 12.3. The van der Waals surface area contributed by atoms with Crippen LogP contribution >= 0.6 is 11.6 Å². The van der Waals surface area contributed by atoms with Crippen molar-refractivity contribution in [1.82, 2.24) is 5.32 Å². The van der Waals surface area contributed by atoms with Gasteiger partial charge in [0, 0.05) is 11.1 Å². The fourth-order valence-corrected chi connectivity index (χ4v) is 2.45. The second-order valence-electron chi connectivity index (χ2n) is 5.09. The van der Waals surface area contributed by atoms with Crippen molar-refractivity contribution in [2.75, 3.05) is 11.9 Å². The zero-order valence-electron chi connectivity index (χ0n) is 11.1. The van der Waals surface area contributed by atoms with Crippen LogP contribution in [0.15, 0.2) is 18.2 Å². The Morgan fingerprint density at radius 3 is 2.85 bits per heavy atom. The molecule has 0 radical (unpaired) electrons. The lowest BCUT2D eigenvalue weighted by Gasteiger charge is -2.33. The number of hydrogen-bond acceptors (Lipinski definition) is 4. The number of nitro groups is 1. The van der Waals surface area contributed by atoms with Gasteiger partial charge in [0.25, 0.3) is 5.69 Å². The molecule has 0 aliphatic carbocycles. The van der Waals surface area contributed by atoms with Crippen LogP contribution in [0.3, 0.4) is 0 Å². The molecule has 2 rings (SSSR count). The van der Waals surface area contributed by atoms with Crippen LogP contribution in [0.4, 0.5) is 11.4 Å². The zero-order valence-corrected chi connectivity index (χ0v) is 11.9. The summed E-state index contributed by atoms with van der Waals surface area (Å²) < 4.78 is 0. The molecule has 1 aliphatic rings. The number of benzene rings is 1. The first-order chi connectivity index (χ1) is 9.42. The van der Waals surface area contributed by atoms with Crippen LogP contribution in [0.5, 0.6) is 0 Å². The Balaban J connectivity index is 2.23. The lowest BCUT2D eigenvalue weighted by atomic mass is 9.90. The van der Waals surface area contributed by atoms with Gasteiger partial charge in [-0.15, -0.1) is 0 Å². The van der Waals surface area contributed by atoms with Crippen molar-refractivity contribution in [3.63, 3.8) is 0 Å². The number of nitrogens with zero attached hydrogens (tertiary/aromatic N) is 1. The zero-order chi connectivity index (χ0) is 14.8. The molecular formula is C13H16ClN3O3. The van der Waals surface area contributed by atoms with Crippen LogP contribution in [-0.2, 0) is 4.79 Å². The summed E-state index contributed by atoms with van der Waals surface area (Å²) in [6.45, 7) is 2.57. The Kier molecular flexibility index (Phi) is 4.25. The monoisotopic (exact) mass is 297 g/mol. The van der Waals surface area contributed by atoms with E-state index in [1.165, 1.54) is 18.2 Å². The number of nitrogens with one attached hydrogen (secondary N) is 2. The van der Waals surface area contributed by atoms with Crippen molar-refractivity contribution >= 4 is 28.9 Å². The molecule has 1 saturated heterocycles. The van der Waals surface area contributed by atoms with Gasteiger partial charge in [-0.25, -0.2) is 0 Å². The summed E-state index contributed by atoms with van der Waals surface area (Å²) in [4.78, 5) is 22.8. The number of carbonyl (C=O) groups excluding carboxylic acids is 1. The molecule has 1 aliphatic heterocycles. The van der Waals surface area contributed by atoms with E-state index in [1.807, 2.05) is 0 Å². The summed E-state index contributed by atoms with van der Waals surface area (Å²) in [5.74, 6) is -0.275. The predicted octanol–water partition coefficient (Wildman–Crippen LogP) is 2.72. The van der Waals surface area contributed by atoms with Gasteiger partial charge in [0.1, 0.15) is 5.69 Å². The van der Waals surface area contributed by atoms with Crippen LogP contribution in [0.25, 0.3) is 0 Å². The molecular weight excluding hydrogens is 282 g/mol. The molecule has 2 N–H and O–H groups in total. The average Bonchev–Trinajstić information content (AvgIpc) is 2.39. The largest absolute Gasteiger partial charge is 0.319 e. The van der Waals surface area contributed by atoms with Gasteiger partial charge in [0.2, 0.25) is 5.91 Å². The van der Waals surface area contributed by atoms with E-state index in [1.54, 1.807) is 6.92 Å². The third kappa shape index (κ3) is 3.08. The third-order valence-electron chi connectivity index (χ3n) is 3.52. The molecule has 20 heavy (non-hydrogen) atoms. The van der Waals surface area contributed by atoms with Crippen LogP contribution in [0.1, 0.15) is 26.2 Å². The fraction of sp³-hybridized carbons (Fsp3) is 0.462. The van der Waals surface area contributed by atoms with Crippen LogP contribution < -0.4 is 10.6 Å². The number of anilines is 1. The van der Waals surface area contributed by atoms with Gasteiger partial charge < -0.3 is 10.6 Å². The molecule has 108 valence electrons. The summed E-state index contributed by atoms with van der Waals surface area (Å²) in [5, 5.41) is 17.1. The molecule has 1 aromatic carbocycles. The molecule has 7 heteroatoms. The number of halogens is 1. The summed E-state index contributed by atoms with van der Waals surface area (Å²) in [7, 11) is 0. The Morgan fingerprint density at radius 1 is 1.50 bits per heavy atom. The summed E-state index contributed by atoms with van der Waals surface area (Å²) in [6, 6.07) is 4.11. The second-order valence-corrected chi connectivity index (χ2v) is 5.53. The fourth-order valence-electron chi connectivity index (χ4n) is 2.28. The molecule has 0 aromatic heterocycles. The van der Waals surface area contributed by atoms with Crippen molar-refractivity contribution in [3.8, 4) is 0 Å². The number of rotatable bonds is 3. The Morgan fingerprint density at radius 2 is 2.25 bits per heavy atom. The lowest BCUT2D eigenvalue weighted by Crippen LogP contribution is -2.54. The van der Waals surface area contributed by atoms with Crippen molar-refractivity contribution in [2.45, 2.75) is 31.7 Å². The number of hydrogen-bond donors (Lipinski definition) is 2. The number of piperidine rings is 1. The Bertz CT molecular complexity index is 542. The molecule has 6 nitrogen and oxygen atoms in total. The minimum atomic E-state index is -0.700. The van der Waals surface area contributed by atoms with E-state index in [4.69, 9.17) is 11.6 Å². The number of carbonyl (C=O) groups is 1. The van der Waals surface area contributed by atoms with Gasteiger partial charge in [0.15, 0.2) is 0 Å². The van der Waals surface area contributed by atoms with E-state index in [-0.39, 0.29) is 17.3 Å². The van der Waals surface area contributed by atoms with Crippen molar-refractivity contribution in [1.29, 1.82) is 0 Å². The van der Waals surface area contributed by atoms with E-state index in [2.05, 4.69) is 10.6 Å². The number of nitro benzene ring substituents is 1. The smallest absolute Gasteiger partial charge is 0.292 e. The van der Waals surface area contributed by atoms with Crippen LogP contribution in [0.2, 0.25) is 5.02 Å². The topological polar surface area (TPSA) is 84.3 Å². The maximum Gasteiger partial charge on any atom is 0.292 e. The first kappa shape index (κ1) is 14.7. The quantitative estimate of drug-likeness (QED) is 0.663. The lowest BCUT2D eigenvalue weighted by molar-refractivity contribution is -0.383. The Labute approximate surface area is 121 Å². The van der Waals surface area contributed by atoms with E-state index in [0.29, 0.717) is 11.4 Å². The van der Waals surface area contributed by atoms with Crippen molar-refractivity contribution in [2.24, 2.45) is 0 Å². The molecule has 0 bridgehead atoms. The Hall–Kier alpha value is -1.66. The highest BCUT2D eigenvalue weighted by Gasteiger charge is 2.35. The molecule has 1 aromatic rings. The first-order valence-electron chi connectivity index (χ1n) is 6.43. The highest BCUT2D eigenvalue weighted by Crippen LogP contribution is 2.29. The van der Waals surface area contributed by atoms with Gasteiger partial charge in [-0.2, -0.15) is 0 Å². The molecule has 1 unspecified atom stereocenters. The average molecular weight is 298 g/mol. The van der Waals surface area contributed by atoms with Gasteiger partial charge in [-0.05, 0) is 44.9 Å². The van der Waals surface area contributed by atoms with Crippen molar-refractivity contribution < 1.29 is 9.72 Å². The standard InChI is InChI=1S/C13H16ClN3O3/c1-13(6-2-3-7-15-13)12(18)16-10-8-9(14)4-5-11(10)17(19)20/h4-5,8,15H,2-3,6-7H2,1H3,(H,16,18). The van der Waals surface area contributed by atoms with Crippen molar-refractivity contribution in [3.05, 3.63) is 33.3 Å². The highest BCUT2D eigenvalue weighted by molar-refractivity contribution is 6.31. The van der Waals surface area contributed by atoms with Gasteiger partial charge >= 0.3 is 0 Å². The van der Waals surface area contributed by atoms with E-state index in [0.717, 1.165) is 19.4 Å². The van der Waals surface area contributed by atoms with Crippen LogP contribution in [-0.4, -0.2) is 22.9 Å². The SMILES string of the molecule is CC1(C(=O)Nc2cc(Cl)ccc2[N+](=O)[O-])CCCCN1.